The first-order valence-electron chi connectivity index (χ1n) is 21.4. The van der Waals surface area contributed by atoms with Crippen LogP contribution in [0.1, 0.15) is 84.9 Å². The minimum atomic E-state index is -0.792. The summed E-state index contributed by atoms with van der Waals surface area (Å²) in [5, 5.41) is 5.06. The molecule has 59 heavy (non-hydrogen) atoms. The van der Waals surface area contributed by atoms with E-state index in [2.05, 4.69) is 73.6 Å². The molecule has 12 heteroatoms. The number of rotatable bonds is 15. The molecule has 1 saturated carbocycles. The standard InChI is InChI=1S/C47H53N7O5/c1-31-9-15-42(45(55)50-31)54-46(56)38-14-12-34(26-39(38)47(54)57)53-22-20-52(21-23-53)19-7-5-3-4-6-8-24-58-35-27-36(28-35)59-44-16-11-33(29-49-44)32-10-13-37-40-30-48-18-17-41(40)51(2)43(37)25-32/h10-14,16-18,25-26,29-30,35-36,42H,1,3-9,15,19-24,27-28H2,2H3,(H,50,55). The maximum Gasteiger partial charge on any atom is 0.262 e. The number of piperazine rings is 1. The molecule has 2 saturated heterocycles. The van der Waals surface area contributed by atoms with Gasteiger partial charge in [0.1, 0.15) is 12.1 Å². The van der Waals surface area contributed by atoms with Crippen LogP contribution in [0.4, 0.5) is 5.69 Å². The zero-order chi connectivity index (χ0) is 40.5. The number of hydrogen-bond acceptors (Lipinski definition) is 9. The molecule has 0 spiro atoms. The van der Waals surface area contributed by atoms with Gasteiger partial charge >= 0.3 is 0 Å². The van der Waals surface area contributed by atoms with E-state index in [1.165, 1.54) is 53.9 Å². The van der Waals surface area contributed by atoms with Crippen molar-refractivity contribution < 1.29 is 23.9 Å². The van der Waals surface area contributed by atoms with Gasteiger partial charge in [-0.1, -0.05) is 44.4 Å². The van der Waals surface area contributed by atoms with Crippen molar-refractivity contribution >= 4 is 45.2 Å². The largest absolute Gasteiger partial charge is 0.474 e. The van der Waals surface area contributed by atoms with E-state index >= 15 is 0 Å². The van der Waals surface area contributed by atoms with Crippen molar-refractivity contribution in [2.45, 2.75) is 82.5 Å². The van der Waals surface area contributed by atoms with Crippen molar-refractivity contribution in [3.8, 4) is 17.0 Å². The Bertz CT molecular complexity index is 2380. The number of aromatic nitrogens is 3. The first-order valence-corrected chi connectivity index (χ1v) is 21.4. The second-order valence-electron chi connectivity index (χ2n) is 16.6. The highest BCUT2D eigenvalue weighted by molar-refractivity contribution is 6.23. The lowest BCUT2D eigenvalue weighted by Crippen LogP contribution is -2.51. The van der Waals surface area contributed by atoms with Gasteiger partial charge in [-0.2, -0.15) is 0 Å². The number of imide groups is 1. The molecule has 1 unspecified atom stereocenters. The first kappa shape index (κ1) is 38.9. The second kappa shape index (κ2) is 16.9. The van der Waals surface area contributed by atoms with E-state index in [0.717, 1.165) is 80.3 Å². The van der Waals surface area contributed by atoms with Gasteiger partial charge in [0.05, 0.1) is 22.7 Å². The summed E-state index contributed by atoms with van der Waals surface area (Å²) in [7, 11) is 2.10. The predicted molar refractivity (Wildman–Crippen MR) is 228 cm³/mol. The number of hydrogen-bond donors (Lipinski definition) is 1. The summed E-state index contributed by atoms with van der Waals surface area (Å²) in [6, 6.07) is 17.4. The Morgan fingerprint density at radius 2 is 1.56 bits per heavy atom. The van der Waals surface area contributed by atoms with Crippen LogP contribution in [0.2, 0.25) is 0 Å². The minimum Gasteiger partial charge on any atom is -0.474 e. The molecule has 3 aromatic heterocycles. The number of ether oxygens (including phenoxy) is 2. The fourth-order valence-corrected chi connectivity index (χ4v) is 9.13. The average molecular weight is 796 g/mol. The number of pyridine rings is 2. The number of carbonyl (C=O) groups is 3. The minimum absolute atomic E-state index is 0.157. The molecule has 0 bridgehead atoms. The van der Waals surface area contributed by atoms with Crippen molar-refractivity contribution in [1.29, 1.82) is 0 Å². The first-order chi connectivity index (χ1) is 28.8. The quantitative estimate of drug-likeness (QED) is 0.0862. The number of allylic oxidation sites excluding steroid dienone is 1. The van der Waals surface area contributed by atoms with Crippen LogP contribution >= 0.6 is 0 Å². The molecule has 1 N–H and O–H groups in total. The summed E-state index contributed by atoms with van der Waals surface area (Å²) in [5.74, 6) is -0.452. The van der Waals surface area contributed by atoms with Crippen LogP contribution in [0.5, 0.6) is 5.88 Å². The summed E-state index contributed by atoms with van der Waals surface area (Å²) < 4.78 is 14.5. The summed E-state index contributed by atoms with van der Waals surface area (Å²) >= 11 is 0. The van der Waals surface area contributed by atoms with E-state index < -0.39 is 11.9 Å². The Labute approximate surface area is 345 Å². The van der Waals surface area contributed by atoms with Gasteiger partial charge in [0.2, 0.25) is 11.8 Å². The third-order valence-corrected chi connectivity index (χ3v) is 12.7. The number of piperidine rings is 1. The molecular weight excluding hydrogens is 743 g/mol. The Balaban J connectivity index is 0.616. The Morgan fingerprint density at radius 3 is 2.36 bits per heavy atom. The van der Waals surface area contributed by atoms with Gasteiger partial charge in [-0.25, -0.2) is 4.98 Å². The van der Waals surface area contributed by atoms with Crippen LogP contribution in [0, 0.1) is 0 Å². The highest BCUT2D eigenvalue weighted by atomic mass is 16.5. The topological polar surface area (TPSA) is 122 Å². The van der Waals surface area contributed by atoms with Crippen LogP contribution in [-0.2, 0) is 16.6 Å². The maximum absolute atomic E-state index is 13.3. The van der Waals surface area contributed by atoms with Gasteiger partial charge in [0.25, 0.3) is 11.8 Å². The molecule has 3 amide bonds. The summed E-state index contributed by atoms with van der Waals surface area (Å²) in [5.41, 5.74) is 6.89. The van der Waals surface area contributed by atoms with E-state index in [4.69, 9.17) is 9.47 Å². The lowest BCUT2D eigenvalue weighted by molar-refractivity contribution is -0.125. The number of nitrogens with one attached hydrogen (secondary N) is 1. The zero-order valence-electron chi connectivity index (χ0n) is 33.9. The van der Waals surface area contributed by atoms with Gasteiger partial charge < -0.3 is 24.3 Å². The molecule has 6 heterocycles. The fourth-order valence-electron chi connectivity index (χ4n) is 9.13. The normalized spacial score (nSPS) is 21.0. The Kier molecular flexibility index (Phi) is 11.2. The SMILES string of the molecule is C=C1CCC(N2C(=O)c3ccc(N4CCN(CCCCCCCCOC5CC(Oc6ccc(-c7ccc8c9cnccc9n(C)c8c7)cn6)C5)CC4)cc3C2=O)C(=O)N1. The van der Waals surface area contributed by atoms with Crippen molar-refractivity contribution in [1.82, 2.24) is 29.7 Å². The number of nitrogens with zero attached hydrogens (tertiary/aromatic N) is 6. The van der Waals surface area contributed by atoms with Gasteiger partial charge in [0, 0.05) is 111 Å². The number of anilines is 1. The zero-order valence-corrected chi connectivity index (χ0v) is 33.9. The molecule has 2 aromatic carbocycles. The molecule has 306 valence electrons. The number of benzene rings is 2. The van der Waals surface area contributed by atoms with Crippen LogP contribution in [0.25, 0.3) is 32.9 Å². The van der Waals surface area contributed by atoms with Crippen molar-refractivity contribution in [3.05, 3.63) is 96.6 Å². The molecule has 1 atom stereocenters. The van der Waals surface area contributed by atoms with Crippen molar-refractivity contribution in [3.63, 3.8) is 0 Å². The highest BCUT2D eigenvalue weighted by Gasteiger charge is 2.44. The van der Waals surface area contributed by atoms with Gasteiger partial charge in [0.15, 0.2) is 0 Å². The van der Waals surface area contributed by atoms with Crippen LogP contribution in [-0.4, -0.2) is 99.6 Å². The third kappa shape index (κ3) is 8.08. The monoisotopic (exact) mass is 795 g/mol. The molecule has 4 aliphatic rings. The van der Waals surface area contributed by atoms with Crippen molar-refractivity contribution in [2.24, 2.45) is 7.05 Å². The fraction of sp³-hybridized carbons (Fsp3) is 0.426. The van der Waals surface area contributed by atoms with Gasteiger partial charge in [-0.3, -0.25) is 29.2 Å². The summed E-state index contributed by atoms with van der Waals surface area (Å²) in [6.45, 7) is 9.40. The molecule has 9 rings (SSSR count). The van der Waals surface area contributed by atoms with E-state index in [9.17, 15) is 14.4 Å². The molecule has 5 aromatic rings. The average Bonchev–Trinajstić information content (AvgIpc) is 3.67. The van der Waals surface area contributed by atoms with E-state index in [-0.39, 0.29) is 24.0 Å². The van der Waals surface area contributed by atoms with Crippen LogP contribution in [0.15, 0.2) is 85.5 Å². The van der Waals surface area contributed by atoms with Crippen molar-refractivity contribution in [2.75, 3.05) is 44.2 Å². The number of amides is 3. The van der Waals surface area contributed by atoms with E-state index in [0.29, 0.717) is 35.5 Å². The Hall–Kier alpha value is -5.59. The Morgan fingerprint density at radius 1 is 0.780 bits per heavy atom. The lowest BCUT2D eigenvalue weighted by atomic mass is 9.92. The summed E-state index contributed by atoms with van der Waals surface area (Å²) in [6.07, 6.45) is 16.1. The third-order valence-electron chi connectivity index (χ3n) is 12.7. The predicted octanol–water partition coefficient (Wildman–Crippen LogP) is 7.27. The highest BCUT2D eigenvalue weighted by Crippen LogP contribution is 2.34. The molecular formula is C47H53N7O5. The smallest absolute Gasteiger partial charge is 0.262 e. The second-order valence-corrected chi connectivity index (χ2v) is 16.6. The molecule has 3 aliphatic heterocycles. The van der Waals surface area contributed by atoms with Gasteiger partial charge in [-0.15, -0.1) is 0 Å². The lowest BCUT2D eigenvalue weighted by Gasteiger charge is -2.36. The number of fused-ring (bicyclic) bond motifs is 4. The summed E-state index contributed by atoms with van der Waals surface area (Å²) in [4.78, 5) is 53.9. The number of carbonyl (C=O) groups excluding carboxylic acids is 3. The molecule has 1 aliphatic carbocycles. The van der Waals surface area contributed by atoms with E-state index in [1.807, 2.05) is 36.8 Å². The van der Waals surface area contributed by atoms with Crippen LogP contribution in [0.3, 0.4) is 0 Å². The molecule has 3 fully saturated rings. The maximum atomic E-state index is 13.3. The number of unbranched alkanes of at least 4 members (excludes halogenated alkanes) is 5. The molecule has 12 nitrogen and oxygen atoms in total. The molecule has 0 radical (unpaired) electrons. The number of aryl methyl sites for hydroxylation is 1. The van der Waals surface area contributed by atoms with Gasteiger partial charge in [-0.05, 0) is 74.2 Å². The van der Waals surface area contributed by atoms with Crippen LogP contribution < -0.4 is 15.0 Å². The van der Waals surface area contributed by atoms with E-state index in [1.54, 1.807) is 6.07 Å².